The summed E-state index contributed by atoms with van der Waals surface area (Å²) in [5.74, 6) is -0.0167. The van der Waals surface area contributed by atoms with Crippen molar-refractivity contribution in [2.45, 2.75) is 33.4 Å². The summed E-state index contributed by atoms with van der Waals surface area (Å²) in [6.07, 6.45) is 0. The first-order valence-corrected chi connectivity index (χ1v) is 6.15. The molecule has 0 aliphatic carbocycles. The number of aliphatic hydroxyl groups excluding tert-OH is 1. The van der Waals surface area contributed by atoms with E-state index in [1.807, 2.05) is 50.9 Å². The average Bonchev–Trinajstić information content (AvgIpc) is 2.27. The Morgan fingerprint density at radius 3 is 2.67 bits per heavy atom. The van der Waals surface area contributed by atoms with Crippen LogP contribution in [0.1, 0.15) is 25.0 Å². The Kier molecular flexibility index (Phi) is 5.16. The van der Waals surface area contributed by atoms with E-state index < -0.39 is 0 Å². The molecule has 1 amide bonds. The van der Waals surface area contributed by atoms with Gasteiger partial charge in [0.2, 0.25) is 5.91 Å². The second-order valence-corrected chi connectivity index (χ2v) is 4.87. The largest absolute Gasteiger partial charge is 0.392 e. The highest BCUT2D eigenvalue weighted by Gasteiger charge is 2.11. The molecule has 0 aliphatic heterocycles. The fraction of sp³-hybridized carbons (Fsp3) is 0.500. The molecule has 0 saturated carbocycles. The maximum atomic E-state index is 11.7. The number of carbonyl (C=O) groups excluding carboxylic acids is 1. The van der Waals surface area contributed by atoms with Crippen molar-refractivity contribution in [2.75, 3.05) is 18.5 Å². The molecule has 1 aromatic carbocycles. The molecule has 18 heavy (non-hydrogen) atoms. The summed E-state index contributed by atoms with van der Waals surface area (Å²) in [4.78, 5) is 13.5. The van der Waals surface area contributed by atoms with Crippen molar-refractivity contribution in [2.24, 2.45) is 0 Å². The standard InChI is InChI=1S/C14H22N2O2/c1-10(2)15-14(18)8-16(4)13-6-5-11(3)7-12(13)9-17/h5-7,10,17H,8-9H2,1-4H3,(H,15,18). The van der Waals surface area contributed by atoms with Gasteiger partial charge in [-0.25, -0.2) is 0 Å². The molecule has 1 rings (SSSR count). The van der Waals surface area contributed by atoms with Gasteiger partial charge in [0.25, 0.3) is 0 Å². The Morgan fingerprint density at radius 1 is 1.44 bits per heavy atom. The number of benzene rings is 1. The van der Waals surface area contributed by atoms with E-state index in [4.69, 9.17) is 0 Å². The number of nitrogens with one attached hydrogen (secondary N) is 1. The Bertz CT molecular complexity index is 416. The summed E-state index contributed by atoms with van der Waals surface area (Å²) in [5.41, 5.74) is 2.83. The van der Waals surface area contributed by atoms with Crippen LogP contribution in [-0.2, 0) is 11.4 Å². The third kappa shape index (κ3) is 4.04. The van der Waals surface area contributed by atoms with Crippen LogP contribution in [0.2, 0.25) is 0 Å². The Morgan fingerprint density at radius 2 is 2.11 bits per heavy atom. The predicted molar refractivity (Wildman–Crippen MR) is 73.7 cm³/mol. The van der Waals surface area contributed by atoms with Gasteiger partial charge in [-0.1, -0.05) is 17.7 Å². The Labute approximate surface area is 109 Å². The van der Waals surface area contributed by atoms with Crippen LogP contribution in [0, 0.1) is 6.92 Å². The predicted octanol–water partition coefficient (Wildman–Crippen LogP) is 1.45. The van der Waals surface area contributed by atoms with Gasteiger partial charge in [0.05, 0.1) is 13.2 Å². The highest BCUT2D eigenvalue weighted by Crippen LogP contribution is 2.20. The van der Waals surface area contributed by atoms with Gasteiger partial charge in [-0.3, -0.25) is 4.79 Å². The van der Waals surface area contributed by atoms with Gasteiger partial charge in [-0.15, -0.1) is 0 Å². The molecule has 0 atom stereocenters. The van der Waals surface area contributed by atoms with Crippen LogP contribution >= 0.6 is 0 Å². The number of hydrogen-bond acceptors (Lipinski definition) is 3. The zero-order valence-electron chi connectivity index (χ0n) is 11.5. The zero-order valence-corrected chi connectivity index (χ0v) is 11.5. The van der Waals surface area contributed by atoms with Gasteiger partial charge in [0.15, 0.2) is 0 Å². The van der Waals surface area contributed by atoms with Crippen LogP contribution in [0.4, 0.5) is 5.69 Å². The minimum Gasteiger partial charge on any atom is -0.392 e. The Hall–Kier alpha value is -1.55. The molecule has 100 valence electrons. The topological polar surface area (TPSA) is 52.6 Å². The molecule has 4 heteroatoms. The molecule has 0 unspecified atom stereocenters. The quantitative estimate of drug-likeness (QED) is 0.831. The van der Waals surface area contributed by atoms with Crippen molar-refractivity contribution >= 4 is 11.6 Å². The van der Waals surface area contributed by atoms with Gasteiger partial charge < -0.3 is 15.3 Å². The van der Waals surface area contributed by atoms with Crippen LogP contribution in [0.15, 0.2) is 18.2 Å². The average molecular weight is 250 g/mol. The fourth-order valence-corrected chi connectivity index (χ4v) is 1.88. The molecular formula is C14H22N2O2. The van der Waals surface area contributed by atoms with E-state index in [1.54, 1.807) is 0 Å². The van der Waals surface area contributed by atoms with Crippen LogP contribution < -0.4 is 10.2 Å². The monoisotopic (exact) mass is 250 g/mol. The Balaban J connectivity index is 2.77. The van der Waals surface area contributed by atoms with Crippen LogP contribution in [0.3, 0.4) is 0 Å². The molecular weight excluding hydrogens is 228 g/mol. The lowest BCUT2D eigenvalue weighted by Crippen LogP contribution is -2.38. The summed E-state index contributed by atoms with van der Waals surface area (Å²) in [6.45, 7) is 6.11. The van der Waals surface area contributed by atoms with Crippen molar-refractivity contribution < 1.29 is 9.90 Å². The van der Waals surface area contributed by atoms with E-state index in [0.29, 0.717) is 0 Å². The van der Waals surface area contributed by atoms with E-state index in [2.05, 4.69) is 5.32 Å². The van der Waals surface area contributed by atoms with E-state index in [1.165, 1.54) is 0 Å². The maximum Gasteiger partial charge on any atom is 0.239 e. The first kappa shape index (κ1) is 14.5. The molecule has 2 N–H and O–H groups in total. The number of carbonyl (C=O) groups is 1. The molecule has 1 aromatic rings. The minimum absolute atomic E-state index is 0.0167. The van der Waals surface area contributed by atoms with Crippen molar-refractivity contribution in [3.63, 3.8) is 0 Å². The van der Waals surface area contributed by atoms with Crippen molar-refractivity contribution in [1.29, 1.82) is 0 Å². The van der Waals surface area contributed by atoms with Gasteiger partial charge >= 0.3 is 0 Å². The summed E-state index contributed by atoms with van der Waals surface area (Å²) in [5, 5.41) is 12.2. The molecule has 0 saturated heterocycles. The number of anilines is 1. The number of likely N-dealkylation sites (N-methyl/N-ethyl adjacent to an activating group) is 1. The molecule has 0 heterocycles. The summed E-state index contributed by atoms with van der Waals surface area (Å²) < 4.78 is 0. The van der Waals surface area contributed by atoms with Crippen molar-refractivity contribution in [3.05, 3.63) is 29.3 Å². The number of hydrogen-bond donors (Lipinski definition) is 2. The zero-order chi connectivity index (χ0) is 13.7. The normalized spacial score (nSPS) is 10.6. The number of amides is 1. The van der Waals surface area contributed by atoms with Crippen molar-refractivity contribution in [1.82, 2.24) is 5.32 Å². The molecule has 0 fully saturated rings. The van der Waals surface area contributed by atoms with E-state index in [-0.39, 0.29) is 25.1 Å². The van der Waals surface area contributed by atoms with E-state index in [0.717, 1.165) is 16.8 Å². The molecule has 0 bridgehead atoms. The number of aliphatic hydroxyl groups is 1. The fourth-order valence-electron chi connectivity index (χ4n) is 1.88. The summed E-state index contributed by atoms with van der Waals surface area (Å²) in [6, 6.07) is 5.99. The highest BCUT2D eigenvalue weighted by molar-refractivity contribution is 5.81. The lowest BCUT2D eigenvalue weighted by molar-refractivity contribution is -0.120. The van der Waals surface area contributed by atoms with Gasteiger partial charge in [0.1, 0.15) is 0 Å². The minimum atomic E-state index is -0.0207. The van der Waals surface area contributed by atoms with Gasteiger partial charge in [0, 0.05) is 24.3 Å². The molecule has 0 aromatic heterocycles. The summed E-state index contributed by atoms with van der Waals surface area (Å²) >= 11 is 0. The van der Waals surface area contributed by atoms with Crippen LogP contribution in [0.5, 0.6) is 0 Å². The summed E-state index contributed by atoms with van der Waals surface area (Å²) in [7, 11) is 1.85. The van der Waals surface area contributed by atoms with Gasteiger partial charge in [-0.05, 0) is 26.8 Å². The smallest absolute Gasteiger partial charge is 0.239 e. The number of nitrogens with zero attached hydrogens (tertiary/aromatic N) is 1. The third-order valence-corrected chi connectivity index (χ3v) is 2.65. The SMILES string of the molecule is Cc1ccc(N(C)CC(=O)NC(C)C)c(CO)c1. The second-order valence-electron chi connectivity index (χ2n) is 4.87. The first-order chi connectivity index (χ1) is 8.43. The number of aryl methyl sites for hydroxylation is 1. The maximum absolute atomic E-state index is 11.7. The number of rotatable bonds is 5. The van der Waals surface area contributed by atoms with Crippen molar-refractivity contribution in [3.8, 4) is 0 Å². The van der Waals surface area contributed by atoms with E-state index in [9.17, 15) is 9.90 Å². The van der Waals surface area contributed by atoms with E-state index >= 15 is 0 Å². The first-order valence-electron chi connectivity index (χ1n) is 6.15. The van der Waals surface area contributed by atoms with Crippen LogP contribution in [0.25, 0.3) is 0 Å². The van der Waals surface area contributed by atoms with Crippen LogP contribution in [-0.4, -0.2) is 30.6 Å². The molecule has 0 aliphatic rings. The second kappa shape index (κ2) is 6.40. The molecule has 0 spiro atoms. The third-order valence-electron chi connectivity index (χ3n) is 2.65. The lowest BCUT2D eigenvalue weighted by Gasteiger charge is -2.22. The lowest BCUT2D eigenvalue weighted by atomic mass is 10.1. The molecule has 4 nitrogen and oxygen atoms in total. The van der Waals surface area contributed by atoms with Gasteiger partial charge in [-0.2, -0.15) is 0 Å². The molecule has 0 radical (unpaired) electrons. The highest BCUT2D eigenvalue weighted by atomic mass is 16.3.